The minimum atomic E-state index is 0.448. The first-order valence-electron chi connectivity index (χ1n) is 4.90. The van der Waals surface area contributed by atoms with Crippen LogP contribution in [0.5, 0.6) is 0 Å². The van der Waals surface area contributed by atoms with E-state index in [2.05, 4.69) is 9.97 Å². The summed E-state index contributed by atoms with van der Waals surface area (Å²) in [6.45, 7) is 4.02. The van der Waals surface area contributed by atoms with E-state index in [4.69, 9.17) is 23.2 Å². The average Bonchev–Trinajstić information content (AvgIpc) is 2.64. The second-order valence-corrected chi connectivity index (χ2v) is 5.38. The zero-order chi connectivity index (χ0) is 11.7. The molecule has 0 amide bonds. The van der Waals surface area contributed by atoms with Crippen molar-refractivity contribution < 1.29 is 0 Å². The van der Waals surface area contributed by atoms with Crippen molar-refractivity contribution in [2.45, 2.75) is 20.3 Å². The number of aryl methyl sites for hydroxylation is 1. The monoisotopic (exact) mass is 272 g/mol. The van der Waals surface area contributed by atoms with E-state index >= 15 is 0 Å². The fourth-order valence-electron chi connectivity index (χ4n) is 1.39. The van der Waals surface area contributed by atoms with Crippen molar-refractivity contribution in [1.82, 2.24) is 9.97 Å². The largest absolute Gasteiger partial charge is 0.215 e. The predicted molar refractivity (Wildman–Crippen MR) is 69.5 cm³/mol. The van der Waals surface area contributed by atoms with Gasteiger partial charge in [-0.3, -0.25) is 0 Å². The first-order valence-corrected chi connectivity index (χ1v) is 6.47. The van der Waals surface area contributed by atoms with Gasteiger partial charge in [-0.25, -0.2) is 9.97 Å². The van der Waals surface area contributed by atoms with Crippen LogP contribution in [0.25, 0.3) is 10.7 Å². The van der Waals surface area contributed by atoms with Crippen LogP contribution in [0.2, 0.25) is 10.3 Å². The van der Waals surface area contributed by atoms with Crippen molar-refractivity contribution in [3.8, 4) is 10.7 Å². The maximum absolute atomic E-state index is 6.06. The van der Waals surface area contributed by atoms with E-state index in [1.54, 1.807) is 11.3 Å². The minimum Gasteiger partial charge on any atom is -0.215 e. The van der Waals surface area contributed by atoms with Crippen molar-refractivity contribution in [1.29, 1.82) is 0 Å². The van der Waals surface area contributed by atoms with Crippen LogP contribution in [0.1, 0.15) is 17.4 Å². The maximum Gasteiger partial charge on any atom is 0.172 e. The summed E-state index contributed by atoms with van der Waals surface area (Å²) in [5, 5.41) is 0.895. The third-order valence-corrected chi connectivity index (χ3v) is 3.84. The molecule has 0 radical (unpaired) electrons. The van der Waals surface area contributed by atoms with Gasteiger partial charge in [-0.15, -0.1) is 11.3 Å². The highest BCUT2D eigenvalue weighted by Gasteiger charge is 2.12. The molecule has 0 aliphatic rings. The molecule has 0 fully saturated rings. The Morgan fingerprint density at radius 3 is 2.25 bits per heavy atom. The van der Waals surface area contributed by atoms with Gasteiger partial charge in [0.05, 0.1) is 4.88 Å². The molecule has 0 spiro atoms. The molecule has 2 heterocycles. The molecule has 0 saturated carbocycles. The lowest BCUT2D eigenvalue weighted by Crippen LogP contribution is -1.95. The summed E-state index contributed by atoms with van der Waals surface area (Å²) in [6.07, 6.45) is 0.738. The Labute approximate surface area is 108 Å². The minimum absolute atomic E-state index is 0.448. The molecule has 0 saturated heterocycles. The fraction of sp³-hybridized carbons (Fsp3) is 0.273. The highest BCUT2D eigenvalue weighted by atomic mass is 35.5. The number of hydrogen-bond acceptors (Lipinski definition) is 3. The van der Waals surface area contributed by atoms with Crippen LogP contribution < -0.4 is 0 Å². The van der Waals surface area contributed by atoms with Gasteiger partial charge in [-0.2, -0.15) is 0 Å². The molecule has 0 bridgehead atoms. The van der Waals surface area contributed by atoms with Crippen LogP contribution in [0.3, 0.4) is 0 Å². The Bertz CT molecular complexity index is 499. The third-order valence-electron chi connectivity index (χ3n) is 2.22. The van der Waals surface area contributed by atoms with E-state index in [1.807, 2.05) is 26.0 Å². The lowest BCUT2D eigenvalue weighted by molar-refractivity contribution is 1.05. The normalized spacial score (nSPS) is 10.8. The Hall–Kier alpha value is -0.640. The Kier molecular flexibility index (Phi) is 3.47. The van der Waals surface area contributed by atoms with Gasteiger partial charge in [0.2, 0.25) is 0 Å². The molecule has 84 valence electrons. The molecule has 0 aromatic carbocycles. The van der Waals surface area contributed by atoms with Gasteiger partial charge in [0.1, 0.15) is 10.3 Å². The van der Waals surface area contributed by atoms with E-state index in [0.717, 1.165) is 16.9 Å². The number of thiophene rings is 1. The molecule has 2 aromatic rings. The third kappa shape index (κ3) is 2.21. The van der Waals surface area contributed by atoms with Crippen LogP contribution in [0, 0.1) is 6.92 Å². The molecule has 2 aromatic heterocycles. The van der Waals surface area contributed by atoms with Crippen molar-refractivity contribution in [2.24, 2.45) is 0 Å². The van der Waals surface area contributed by atoms with Crippen LogP contribution in [0.4, 0.5) is 0 Å². The summed E-state index contributed by atoms with van der Waals surface area (Å²) in [5.74, 6) is 0.602. The molecule has 2 nitrogen and oxygen atoms in total. The zero-order valence-electron chi connectivity index (χ0n) is 8.92. The zero-order valence-corrected chi connectivity index (χ0v) is 11.2. The van der Waals surface area contributed by atoms with Gasteiger partial charge in [0, 0.05) is 10.4 Å². The lowest BCUT2D eigenvalue weighted by Gasteiger charge is -2.04. The molecule has 5 heteroatoms. The van der Waals surface area contributed by atoms with Crippen molar-refractivity contribution in [2.75, 3.05) is 0 Å². The molecule has 0 aliphatic carbocycles. The molecule has 0 unspecified atom stereocenters. The number of halogens is 2. The van der Waals surface area contributed by atoms with E-state index < -0.39 is 0 Å². The van der Waals surface area contributed by atoms with Gasteiger partial charge in [-0.05, 0) is 25.5 Å². The van der Waals surface area contributed by atoms with Crippen LogP contribution in [-0.4, -0.2) is 9.97 Å². The molecule has 0 aliphatic heterocycles. The highest BCUT2D eigenvalue weighted by molar-refractivity contribution is 7.15. The summed E-state index contributed by atoms with van der Waals surface area (Å²) in [6, 6.07) is 4.01. The van der Waals surface area contributed by atoms with E-state index in [9.17, 15) is 0 Å². The summed E-state index contributed by atoms with van der Waals surface area (Å²) in [4.78, 5) is 10.7. The van der Waals surface area contributed by atoms with Crippen molar-refractivity contribution in [3.05, 3.63) is 32.9 Å². The van der Waals surface area contributed by atoms with E-state index in [1.165, 1.54) is 4.88 Å². The first kappa shape index (κ1) is 11.8. The summed E-state index contributed by atoms with van der Waals surface area (Å²) in [7, 11) is 0. The Balaban J connectivity index is 2.52. The standard InChI is InChI=1S/C11H10Cl2N2S/c1-3-7-9(12)14-11(15-10(7)13)8-5-4-6(2)16-8/h4-5H,3H2,1-2H3. The lowest BCUT2D eigenvalue weighted by atomic mass is 10.2. The first-order chi connectivity index (χ1) is 7.61. The van der Waals surface area contributed by atoms with Crippen LogP contribution in [0.15, 0.2) is 12.1 Å². The Morgan fingerprint density at radius 2 is 1.81 bits per heavy atom. The van der Waals surface area contributed by atoms with Gasteiger partial charge in [0.25, 0.3) is 0 Å². The average molecular weight is 273 g/mol. The summed E-state index contributed by atoms with van der Waals surface area (Å²) >= 11 is 13.8. The van der Waals surface area contributed by atoms with Gasteiger partial charge < -0.3 is 0 Å². The van der Waals surface area contributed by atoms with Crippen molar-refractivity contribution in [3.63, 3.8) is 0 Å². The maximum atomic E-state index is 6.06. The highest BCUT2D eigenvalue weighted by Crippen LogP contribution is 2.29. The van der Waals surface area contributed by atoms with Crippen LogP contribution in [-0.2, 0) is 6.42 Å². The molecular formula is C11H10Cl2N2S. The van der Waals surface area contributed by atoms with Crippen molar-refractivity contribution >= 4 is 34.5 Å². The smallest absolute Gasteiger partial charge is 0.172 e. The molecule has 0 N–H and O–H groups in total. The predicted octanol–water partition coefficient (Wildman–Crippen LogP) is 4.38. The Morgan fingerprint density at radius 1 is 1.19 bits per heavy atom. The second-order valence-electron chi connectivity index (χ2n) is 3.37. The number of hydrogen-bond donors (Lipinski definition) is 0. The van der Waals surface area contributed by atoms with Crippen LogP contribution >= 0.6 is 34.5 Å². The summed E-state index contributed by atoms with van der Waals surface area (Å²) in [5.41, 5.74) is 0.806. The summed E-state index contributed by atoms with van der Waals surface area (Å²) < 4.78 is 0. The SMILES string of the molecule is CCc1c(Cl)nc(-c2ccc(C)s2)nc1Cl. The number of aromatic nitrogens is 2. The van der Waals surface area contributed by atoms with E-state index in [-0.39, 0.29) is 0 Å². The van der Waals surface area contributed by atoms with Gasteiger partial charge in [0.15, 0.2) is 5.82 Å². The molecule has 16 heavy (non-hydrogen) atoms. The molecular weight excluding hydrogens is 263 g/mol. The molecule has 0 atom stereocenters. The quantitative estimate of drug-likeness (QED) is 0.759. The van der Waals surface area contributed by atoms with Gasteiger partial charge >= 0.3 is 0 Å². The molecule has 2 rings (SSSR count). The van der Waals surface area contributed by atoms with Gasteiger partial charge in [-0.1, -0.05) is 30.1 Å². The number of nitrogens with zero attached hydrogens (tertiary/aromatic N) is 2. The second kappa shape index (κ2) is 4.70. The fourth-order valence-corrected chi connectivity index (χ4v) is 2.84. The number of rotatable bonds is 2. The van der Waals surface area contributed by atoms with E-state index in [0.29, 0.717) is 16.1 Å². The topological polar surface area (TPSA) is 25.8 Å².